The first-order valence-electron chi connectivity index (χ1n) is 6.44. The summed E-state index contributed by atoms with van der Waals surface area (Å²) < 4.78 is 40.5. The molecular weight excluding hydrogens is 317 g/mol. The van der Waals surface area contributed by atoms with Crippen molar-refractivity contribution in [3.8, 4) is 0 Å². The van der Waals surface area contributed by atoms with Crippen LogP contribution in [0.25, 0.3) is 0 Å². The second-order valence-electron chi connectivity index (χ2n) is 3.58. The van der Waals surface area contributed by atoms with Crippen molar-refractivity contribution in [3.05, 3.63) is 29.8 Å². The lowest BCUT2D eigenvalue weighted by molar-refractivity contribution is -0.126. The molecule has 1 rings (SSSR count). The number of aryl methyl sites for hydroxylation is 1. The Morgan fingerprint density at radius 2 is 1.71 bits per heavy atom. The molecule has 2 atom stereocenters. The lowest BCUT2D eigenvalue weighted by atomic mass is 10.2. The molecule has 7 heteroatoms. The fraction of sp³-hybridized carbons (Fsp3) is 0.500. The minimum atomic E-state index is -2.96. The molecule has 122 valence electrons. The van der Waals surface area contributed by atoms with Gasteiger partial charge >= 0.3 is 0 Å². The van der Waals surface area contributed by atoms with E-state index in [1.54, 1.807) is 12.1 Å². The molecule has 1 aromatic carbocycles. The molecule has 0 aromatic heterocycles. The number of methoxy groups -OCH3 is 1. The van der Waals surface area contributed by atoms with Crippen LogP contribution in [0, 0.1) is 0 Å². The molecule has 0 N–H and O–H groups in total. The van der Waals surface area contributed by atoms with Crippen molar-refractivity contribution in [1.29, 1.82) is 0 Å². The number of alkyl halides is 2. The van der Waals surface area contributed by atoms with Gasteiger partial charge in [0.2, 0.25) is 0 Å². The first kappa shape index (κ1) is 22.4. The number of carbonyl (C=O) groups is 1. The predicted octanol–water partition coefficient (Wildman–Crippen LogP) is 3.64. The highest BCUT2D eigenvalue weighted by Gasteiger charge is 2.25. The molecule has 0 heterocycles. The zero-order valence-electron chi connectivity index (χ0n) is 12.8. The monoisotopic (exact) mass is 340 g/mol. The van der Waals surface area contributed by atoms with E-state index in [-0.39, 0.29) is 0 Å². The van der Waals surface area contributed by atoms with E-state index in [2.05, 4.69) is 4.74 Å². The molecule has 0 amide bonds. The van der Waals surface area contributed by atoms with Gasteiger partial charge in [-0.2, -0.15) is 0 Å². The first-order valence-corrected chi connectivity index (χ1v) is 8.34. The van der Waals surface area contributed by atoms with Crippen LogP contribution in [-0.2, 0) is 26.8 Å². The van der Waals surface area contributed by atoms with Crippen molar-refractivity contribution in [2.75, 3.05) is 12.9 Å². The average molecular weight is 340 g/mol. The lowest BCUT2D eigenvalue weighted by Crippen LogP contribution is -2.16. The SMILES string of the molecule is CC.CCc1ccc(S(=O)CC(F)(F)P)cc1.COC=O. The number of hydrogen-bond donors (Lipinski definition) is 0. The van der Waals surface area contributed by atoms with Crippen molar-refractivity contribution >= 4 is 26.5 Å². The fourth-order valence-electron chi connectivity index (χ4n) is 1.14. The quantitative estimate of drug-likeness (QED) is 0.607. The Morgan fingerprint density at radius 3 is 2.00 bits per heavy atom. The smallest absolute Gasteiger partial charge is 0.292 e. The number of rotatable bonds is 5. The van der Waals surface area contributed by atoms with E-state index in [0.717, 1.165) is 12.0 Å². The first-order chi connectivity index (χ1) is 9.84. The van der Waals surface area contributed by atoms with Crippen molar-refractivity contribution in [3.63, 3.8) is 0 Å². The molecule has 0 saturated heterocycles. The Kier molecular flexibility index (Phi) is 13.7. The van der Waals surface area contributed by atoms with Gasteiger partial charge in [-0.05, 0) is 24.1 Å². The molecular formula is C14H23F2O3PS. The van der Waals surface area contributed by atoms with Crippen molar-refractivity contribution in [2.45, 2.75) is 37.8 Å². The van der Waals surface area contributed by atoms with Gasteiger partial charge in [-0.15, -0.1) is 0 Å². The maximum atomic E-state index is 12.6. The third kappa shape index (κ3) is 12.6. The number of benzene rings is 1. The highest BCUT2D eigenvalue weighted by molar-refractivity contribution is 7.85. The molecule has 0 aliphatic rings. The van der Waals surface area contributed by atoms with Crippen LogP contribution in [0.5, 0.6) is 0 Å². The van der Waals surface area contributed by atoms with Gasteiger partial charge in [0.15, 0.2) is 0 Å². The van der Waals surface area contributed by atoms with Crippen LogP contribution in [0.15, 0.2) is 29.2 Å². The minimum absolute atomic E-state index is 0.375. The summed E-state index contributed by atoms with van der Waals surface area (Å²) in [6.45, 7) is 6.38. The summed E-state index contributed by atoms with van der Waals surface area (Å²) in [7, 11) is 1.08. The van der Waals surface area contributed by atoms with Crippen LogP contribution in [0.3, 0.4) is 0 Å². The van der Waals surface area contributed by atoms with Crippen LogP contribution < -0.4 is 0 Å². The summed E-state index contributed by atoms with van der Waals surface area (Å²) in [4.78, 5) is 9.40. The fourth-order valence-corrected chi connectivity index (χ4v) is 2.55. The summed E-state index contributed by atoms with van der Waals surface area (Å²) in [6.07, 6.45) is 0.882. The Labute approximate surface area is 130 Å². The number of hydrogen-bond acceptors (Lipinski definition) is 3. The van der Waals surface area contributed by atoms with Crippen LogP contribution in [-0.4, -0.2) is 29.2 Å². The predicted molar refractivity (Wildman–Crippen MR) is 86.2 cm³/mol. The summed E-state index contributed by atoms with van der Waals surface area (Å²) in [6, 6.07) is 6.92. The minimum Gasteiger partial charge on any atom is -0.471 e. The zero-order valence-corrected chi connectivity index (χ0v) is 14.7. The maximum Gasteiger partial charge on any atom is 0.292 e. The third-order valence-electron chi connectivity index (χ3n) is 2.01. The van der Waals surface area contributed by atoms with Crippen LogP contribution >= 0.6 is 9.24 Å². The molecule has 0 radical (unpaired) electrons. The van der Waals surface area contributed by atoms with Gasteiger partial charge in [-0.1, -0.05) is 42.1 Å². The molecule has 0 saturated carbocycles. The van der Waals surface area contributed by atoms with E-state index in [1.807, 2.05) is 32.9 Å². The van der Waals surface area contributed by atoms with Crippen molar-refractivity contribution in [2.24, 2.45) is 0 Å². The second kappa shape index (κ2) is 12.8. The largest absolute Gasteiger partial charge is 0.471 e. The molecule has 0 spiro atoms. The van der Waals surface area contributed by atoms with Gasteiger partial charge in [0.1, 0.15) is 0 Å². The zero-order chi connectivity index (χ0) is 16.9. The lowest BCUT2D eigenvalue weighted by Gasteiger charge is -2.09. The molecule has 0 bridgehead atoms. The van der Waals surface area contributed by atoms with Crippen LogP contribution in [0.4, 0.5) is 8.78 Å². The van der Waals surface area contributed by atoms with E-state index in [0.29, 0.717) is 11.4 Å². The topological polar surface area (TPSA) is 43.4 Å². The number of halogens is 2. The Balaban J connectivity index is 0. The van der Waals surface area contributed by atoms with E-state index in [1.165, 1.54) is 16.3 Å². The van der Waals surface area contributed by atoms with Crippen LogP contribution in [0.2, 0.25) is 0 Å². The Hall–Kier alpha value is -0.870. The van der Waals surface area contributed by atoms with E-state index >= 15 is 0 Å². The average Bonchev–Trinajstić information content (AvgIpc) is 2.48. The molecule has 3 nitrogen and oxygen atoms in total. The van der Waals surface area contributed by atoms with Crippen molar-refractivity contribution in [1.82, 2.24) is 0 Å². The van der Waals surface area contributed by atoms with E-state index in [9.17, 15) is 13.0 Å². The molecule has 1 aromatic rings. The summed E-state index contributed by atoms with van der Waals surface area (Å²) in [5, 5.41) is 0. The van der Waals surface area contributed by atoms with Gasteiger partial charge in [0.05, 0.1) is 23.7 Å². The van der Waals surface area contributed by atoms with Gasteiger partial charge in [-0.25, -0.2) is 8.78 Å². The Bertz CT molecular complexity index is 406. The maximum absolute atomic E-state index is 12.6. The highest BCUT2D eigenvalue weighted by atomic mass is 32.2. The third-order valence-corrected chi connectivity index (χ3v) is 3.96. The van der Waals surface area contributed by atoms with Gasteiger partial charge in [-0.3, -0.25) is 9.00 Å². The van der Waals surface area contributed by atoms with Crippen LogP contribution in [0.1, 0.15) is 26.3 Å². The van der Waals surface area contributed by atoms with Gasteiger partial charge in [0.25, 0.3) is 12.1 Å². The summed E-state index contributed by atoms with van der Waals surface area (Å²) >= 11 is 0. The highest BCUT2D eigenvalue weighted by Crippen LogP contribution is 2.25. The molecule has 2 unspecified atom stereocenters. The van der Waals surface area contributed by atoms with E-state index in [4.69, 9.17) is 4.79 Å². The normalized spacial score (nSPS) is 11.2. The van der Waals surface area contributed by atoms with Gasteiger partial charge < -0.3 is 4.74 Å². The van der Waals surface area contributed by atoms with E-state index < -0.39 is 22.2 Å². The molecule has 21 heavy (non-hydrogen) atoms. The standard InChI is InChI=1S/C10H13F2OPS.C2H4O2.C2H6/c1-2-8-3-5-9(6-4-8)15(13)7-10(11,12)14;1-4-2-3;1-2/h3-6H,2,7,14H2,1H3;2H,1H3;1-2H3. The second-order valence-corrected chi connectivity index (χ2v) is 5.88. The molecule has 0 aliphatic heterocycles. The summed E-state index contributed by atoms with van der Waals surface area (Å²) in [5.74, 6) is -0.650. The molecule has 0 aliphatic carbocycles. The number of carbonyl (C=O) groups excluding carboxylic acids is 1. The number of ether oxygens (including phenoxy) is 1. The Morgan fingerprint density at radius 1 is 1.29 bits per heavy atom. The summed E-state index contributed by atoms with van der Waals surface area (Å²) in [5.41, 5.74) is -1.86. The van der Waals surface area contributed by atoms with Crippen molar-refractivity contribution < 1.29 is 22.5 Å². The molecule has 0 fully saturated rings. The van der Waals surface area contributed by atoms with Gasteiger partial charge in [0, 0.05) is 4.90 Å².